The Morgan fingerprint density at radius 3 is 2.27 bits per heavy atom. The molecule has 0 unspecified atom stereocenters. The van der Waals surface area contributed by atoms with Crippen molar-refractivity contribution in [2.45, 2.75) is 20.0 Å². The maximum Gasteiger partial charge on any atom is 0.418 e. The number of halogens is 3. The van der Waals surface area contributed by atoms with Crippen LogP contribution >= 0.6 is 0 Å². The molecule has 0 saturated heterocycles. The number of para-hydroxylation sites is 2. The summed E-state index contributed by atoms with van der Waals surface area (Å²) < 4.78 is 46.5. The van der Waals surface area contributed by atoms with E-state index in [9.17, 15) is 22.8 Å². The smallest absolute Gasteiger partial charge is 0.418 e. The van der Waals surface area contributed by atoms with Crippen molar-refractivity contribution in [3.63, 3.8) is 0 Å². The molecule has 0 aliphatic heterocycles. The number of methoxy groups -OCH3 is 1. The van der Waals surface area contributed by atoms with Gasteiger partial charge in [-0.2, -0.15) is 13.2 Å². The summed E-state index contributed by atoms with van der Waals surface area (Å²) in [5, 5.41) is 2.64. The first-order chi connectivity index (χ1) is 14.1. The number of aromatic nitrogens is 1. The number of anilines is 1. The maximum absolute atomic E-state index is 13.5. The number of esters is 1. The Morgan fingerprint density at radius 2 is 1.60 bits per heavy atom. The van der Waals surface area contributed by atoms with E-state index in [4.69, 9.17) is 4.74 Å². The molecule has 0 aliphatic rings. The first-order valence-corrected chi connectivity index (χ1v) is 8.99. The van der Waals surface area contributed by atoms with Gasteiger partial charge in [0.2, 0.25) is 0 Å². The molecule has 2 aromatic carbocycles. The molecule has 0 fully saturated rings. The predicted molar refractivity (Wildman–Crippen MR) is 106 cm³/mol. The fraction of sp³-hybridized carbons (Fsp3) is 0.182. The van der Waals surface area contributed by atoms with Crippen molar-refractivity contribution in [2.75, 3.05) is 12.4 Å². The summed E-state index contributed by atoms with van der Waals surface area (Å²) in [6.07, 6.45) is -4.54. The third kappa shape index (κ3) is 3.94. The number of ether oxygens (including phenoxy) is 1. The lowest BCUT2D eigenvalue weighted by Gasteiger charge is -2.17. The minimum Gasteiger partial charge on any atom is -0.465 e. The van der Waals surface area contributed by atoms with Gasteiger partial charge in [-0.05, 0) is 44.2 Å². The Bertz CT molecular complexity index is 1120. The number of rotatable bonds is 4. The number of hydrogen-bond acceptors (Lipinski definition) is 3. The molecule has 1 aromatic heterocycles. The Kier molecular flexibility index (Phi) is 5.69. The molecular weight excluding hydrogens is 397 g/mol. The second-order valence-corrected chi connectivity index (χ2v) is 6.63. The van der Waals surface area contributed by atoms with E-state index in [0.29, 0.717) is 11.4 Å². The number of carbonyl (C=O) groups is 2. The van der Waals surface area contributed by atoms with Crippen molar-refractivity contribution in [1.29, 1.82) is 0 Å². The zero-order valence-corrected chi connectivity index (χ0v) is 16.5. The van der Waals surface area contributed by atoms with Gasteiger partial charge in [0.1, 0.15) is 0 Å². The summed E-state index contributed by atoms with van der Waals surface area (Å²) in [7, 11) is 1.23. The van der Waals surface area contributed by atoms with Crippen LogP contribution in [0.5, 0.6) is 0 Å². The molecule has 3 aromatic rings. The van der Waals surface area contributed by atoms with Crippen molar-refractivity contribution in [2.24, 2.45) is 0 Å². The normalized spacial score (nSPS) is 11.3. The van der Waals surface area contributed by atoms with Gasteiger partial charge in [0.25, 0.3) is 5.91 Å². The standard InChI is InChI=1S/C22H19F3N2O3/c1-13-12-16(20(28)26-18-10-6-4-8-15(18)21(29)30-3)14(2)27(13)19-11-7-5-9-17(19)22(23,24)25/h4-12H,1-3H3,(H,26,28). The minimum atomic E-state index is -4.54. The molecule has 0 saturated carbocycles. The van der Waals surface area contributed by atoms with Crippen molar-refractivity contribution in [3.8, 4) is 5.69 Å². The third-order valence-electron chi connectivity index (χ3n) is 4.71. The van der Waals surface area contributed by atoms with Crippen LogP contribution in [0.15, 0.2) is 54.6 Å². The third-order valence-corrected chi connectivity index (χ3v) is 4.71. The van der Waals surface area contributed by atoms with Crippen LogP contribution in [-0.4, -0.2) is 23.6 Å². The van der Waals surface area contributed by atoms with E-state index >= 15 is 0 Å². The molecule has 0 radical (unpaired) electrons. The number of nitrogens with zero attached hydrogens (tertiary/aromatic N) is 1. The molecule has 156 valence electrons. The fourth-order valence-corrected chi connectivity index (χ4v) is 3.34. The first-order valence-electron chi connectivity index (χ1n) is 8.99. The summed E-state index contributed by atoms with van der Waals surface area (Å²) in [4.78, 5) is 24.8. The van der Waals surface area contributed by atoms with Crippen molar-refractivity contribution < 1.29 is 27.5 Å². The highest BCUT2D eigenvalue weighted by Crippen LogP contribution is 2.35. The largest absolute Gasteiger partial charge is 0.465 e. The number of amides is 1. The van der Waals surface area contributed by atoms with Crippen molar-refractivity contribution in [3.05, 3.63) is 82.7 Å². The molecule has 5 nitrogen and oxygen atoms in total. The number of nitrogens with one attached hydrogen (secondary N) is 1. The average Bonchev–Trinajstić information content (AvgIpc) is 3.01. The van der Waals surface area contributed by atoms with Crippen LogP contribution in [0.25, 0.3) is 5.69 Å². The van der Waals surface area contributed by atoms with Gasteiger partial charge < -0.3 is 14.6 Å². The van der Waals surface area contributed by atoms with Crippen LogP contribution in [0, 0.1) is 13.8 Å². The predicted octanol–water partition coefficient (Wildman–Crippen LogP) is 5.15. The van der Waals surface area contributed by atoms with Gasteiger partial charge in [0.15, 0.2) is 0 Å². The summed E-state index contributed by atoms with van der Waals surface area (Å²) >= 11 is 0. The number of benzene rings is 2. The Hall–Kier alpha value is -3.55. The van der Waals surface area contributed by atoms with Gasteiger partial charge in [0, 0.05) is 11.4 Å². The van der Waals surface area contributed by atoms with Crippen LogP contribution in [-0.2, 0) is 10.9 Å². The summed E-state index contributed by atoms with van der Waals surface area (Å²) in [6.45, 7) is 3.20. The summed E-state index contributed by atoms with van der Waals surface area (Å²) in [6, 6.07) is 13.0. The average molecular weight is 416 g/mol. The highest BCUT2D eigenvalue weighted by atomic mass is 19.4. The lowest BCUT2D eigenvalue weighted by Crippen LogP contribution is -2.16. The Morgan fingerprint density at radius 1 is 0.967 bits per heavy atom. The van der Waals surface area contributed by atoms with E-state index < -0.39 is 23.6 Å². The van der Waals surface area contributed by atoms with Crippen LogP contribution in [0.2, 0.25) is 0 Å². The number of alkyl halides is 3. The minimum absolute atomic E-state index is 0.0611. The molecule has 30 heavy (non-hydrogen) atoms. The van der Waals surface area contributed by atoms with Gasteiger partial charge >= 0.3 is 12.1 Å². The number of aryl methyl sites for hydroxylation is 1. The van der Waals surface area contributed by atoms with Gasteiger partial charge in [-0.3, -0.25) is 4.79 Å². The monoisotopic (exact) mass is 416 g/mol. The fourth-order valence-electron chi connectivity index (χ4n) is 3.34. The summed E-state index contributed by atoms with van der Waals surface area (Å²) in [5.74, 6) is -1.16. The van der Waals surface area contributed by atoms with Crippen molar-refractivity contribution in [1.82, 2.24) is 4.57 Å². The van der Waals surface area contributed by atoms with E-state index in [1.165, 1.54) is 42.0 Å². The topological polar surface area (TPSA) is 60.3 Å². The highest BCUT2D eigenvalue weighted by Gasteiger charge is 2.34. The Balaban J connectivity index is 2.02. The van der Waals surface area contributed by atoms with Crippen molar-refractivity contribution >= 4 is 17.6 Å². The number of hydrogen-bond donors (Lipinski definition) is 1. The van der Waals surface area contributed by atoms with Crippen LogP contribution in [0.1, 0.15) is 37.7 Å². The lowest BCUT2D eigenvalue weighted by molar-refractivity contribution is -0.137. The van der Waals surface area contributed by atoms with Crippen LogP contribution in [0.4, 0.5) is 18.9 Å². The molecule has 8 heteroatoms. The van der Waals surface area contributed by atoms with E-state index in [1.807, 2.05) is 0 Å². The molecule has 0 bridgehead atoms. The quantitative estimate of drug-likeness (QED) is 0.599. The van der Waals surface area contributed by atoms with E-state index in [-0.39, 0.29) is 22.5 Å². The molecule has 1 amide bonds. The second kappa shape index (κ2) is 8.06. The Labute approximate surface area is 171 Å². The van der Waals surface area contributed by atoms with Gasteiger partial charge in [0.05, 0.1) is 35.2 Å². The molecule has 0 aliphatic carbocycles. The molecule has 3 rings (SSSR count). The first kappa shape index (κ1) is 21.2. The summed E-state index contributed by atoms with van der Waals surface area (Å²) in [5.41, 5.74) is 0.570. The number of carbonyl (C=O) groups excluding carboxylic acids is 2. The zero-order chi connectivity index (χ0) is 22.1. The molecule has 0 atom stereocenters. The SMILES string of the molecule is COC(=O)c1ccccc1NC(=O)c1cc(C)n(-c2ccccc2C(F)(F)F)c1C. The second-order valence-electron chi connectivity index (χ2n) is 6.63. The molecule has 1 heterocycles. The van der Waals surface area contributed by atoms with E-state index in [1.54, 1.807) is 32.0 Å². The maximum atomic E-state index is 13.5. The molecular formula is C22H19F3N2O3. The zero-order valence-electron chi connectivity index (χ0n) is 16.5. The van der Waals surface area contributed by atoms with Crippen LogP contribution < -0.4 is 5.32 Å². The van der Waals surface area contributed by atoms with Gasteiger partial charge in [-0.1, -0.05) is 24.3 Å². The van der Waals surface area contributed by atoms with Gasteiger partial charge in [-0.25, -0.2) is 4.79 Å². The molecule has 0 spiro atoms. The lowest BCUT2D eigenvalue weighted by atomic mass is 10.1. The van der Waals surface area contributed by atoms with E-state index in [0.717, 1.165) is 6.07 Å². The van der Waals surface area contributed by atoms with Gasteiger partial charge in [-0.15, -0.1) is 0 Å². The van der Waals surface area contributed by atoms with Crippen LogP contribution in [0.3, 0.4) is 0 Å². The molecule has 1 N–H and O–H groups in total. The highest BCUT2D eigenvalue weighted by molar-refractivity contribution is 6.08. The van der Waals surface area contributed by atoms with E-state index in [2.05, 4.69) is 5.32 Å².